The number of carbonyl (C=O) groups excluding carboxylic acids is 2. The molecule has 0 aliphatic carbocycles. The quantitative estimate of drug-likeness (QED) is 0.488. The van der Waals surface area contributed by atoms with E-state index in [4.69, 9.17) is 14.5 Å². The van der Waals surface area contributed by atoms with E-state index in [1.165, 1.54) is 29.6 Å². The van der Waals surface area contributed by atoms with Gasteiger partial charge in [0.25, 0.3) is 5.91 Å². The van der Waals surface area contributed by atoms with Crippen LogP contribution in [0.1, 0.15) is 38.3 Å². The van der Waals surface area contributed by atoms with E-state index >= 15 is 0 Å². The normalized spacial score (nSPS) is 14.4. The van der Waals surface area contributed by atoms with Gasteiger partial charge in [-0.2, -0.15) is 0 Å². The number of amides is 1. The summed E-state index contributed by atoms with van der Waals surface area (Å²) in [7, 11) is 1.34. The molecule has 8 heteroatoms. The number of benzene rings is 2. The highest BCUT2D eigenvalue weighted by atomic mass is 32.1. The standard InChI is InChI=1S/C25H29N3O4S/c1-17-15-21-22(16-18(17)2)33-25(26-21)28(10-4-9-27-11-13-32-14-12-27)23(29)19-5-7-20(8-6-19)24(30)31-3/h5-8,15-16H,4,9-14H2,1-3H3. The maximum atomic E-state index is 13.5. The van der Waals surface area contributed by atoms with Crippen molar-refractivity contribution in [1.29, 1.82) is 0 Å². The Labute approximate surface area is 197 Å². The molecule has 174 valence electrons. The van der Waals surface area contributed by atoms with E-state index in [2.05, 4.69) is 30.9 Å². The molecule has 0 spiro atoms. The molecule has 2 heterocycles. The molecule has 1 aliphatic heterocycles. The summed E-state index contributed by atoms with van der Waals surface area (Å²) in [5.74, 6) is -0.547. The molecule has 1 aliphatic rings. The lowest BCUT2D eigenvalue weighted by Crippen LogP contribution is -2.39. The third kappa shape index (κ3) is 5.40. The molecule has 1 fully saturated rings. The average molecular weight is 468 g/mol. The Balaban J connectivity index is 1.58. The van der Waals surface area contributed by atoms with Crippen LogP contribution in [0.5, 0.6) is 0 Å². The van der Waals surface area contributed by atoms with Crippen LogP contribution < -0.4 is 4.90 Å². The number of ether oxygens (including phenoxy) is 2. The third-order valence-corrected chi connectivity index (χ3v) is 7.02. The third-order valence-electron chi connectivity index (χ3n) is 5.98. The van der Waals surface area contributed by atoms with Crippen molar-refractivity contribution in [2.75, 3.05) is 51.4 Å². The predicted molar refractivity (Wildman–Crippen MR) is 130 cm³/mol. The molecule has 3 aromatic rings. The largest absolute Gasteiger partial charge is 0.465 e. The zero-order valence-electron chi connectivity index (χ0n) is 19.3. The van der Waals surface area contributed by atoms with E-state index in [-0.39, 0.29) is 5.91 Å². The van der Waals surface area contributed by atoms with Crippen LogP contribution in [-0.2, 0) is 9.47 Å². The second-order valence-electron chi connectivity index (χ2n) is 8.23. The van der Waals surface area contributed by atoms with E-state index in [1.54, 1.807) is 29.2 Å². The number of esters is 1. The summed E-state index contributed by atoms with van der Waals surface area (Å²) in [5, 5.41) is 0.694. The first kappa shape index (κ1) is 23.4. The molecule has 0 atom stereocenters. The molecule has 1 saturated heterocycles. The Morgan fingerprint density at radius 1 is 1.09 bits per heavy atom. The maximum Gasteiger partial charge on any atom is 0.337 e. The predicted octanol–water partition coefficient (Wildman–Crippen LogP) is 4.07. The van der Waals surface area contributed by atoms with Crippen molar-refractivity contribution in [2.45, 2.75) is 20.3 Å². The van der Waals surface area contributed by atoms with Gasteiger partial charge >= 0.3 is 5.97 Å². The maximum absolute atomic E-state index is 13.5. The zero-order chi connectivity index (χ0) is 23.4. The van der Waals surface area contributed by atoms with Gasteiger partial charge in [-0.1, -0.05) is 11.3 Å². The van der Waals surface area contributed by atoms with Gasteiger partial charge in [-0.05, 0) is 67.8 Å². The monoisotopic (exact) mass is 467 g/mol. The van der Waals surface area contributed by atoms with E-state index < -0.39 is 5.97 Å². The molecule has 0 bridgehead atoms. The molecular formula is C25H29N3O4S. The Morgan fingerprint density at radius 2 is 1.76 bits per heavy atom. The Morgan fingerprint density at radius 3 is 2.45 bits per heavy atom. The molecule has 0 unspecified atom stereocenters. The number of thiazole rings is 1. The molecule has 0 N–H and O–H groups in total. The molecule has 0 radical (unpaired) electrons. The second kappa shape index (κ2) is 10.4. The smallest absolute Gasteiger partial charge is 0.337 e. The second-order valence-corrected chi connectivity index (χ2v) is 9.24. The van der Waals surface area contributed by atoms with E-state index in [1.807, 2.05) is 0 Å². The number of aryl methyl sites for hydroxylation is 2. The summed E-state index contributed by atoms with van der Waals surface area (Å²) in [5.41, 5.74) is 4.23. The Hall–Kier alpha value is -2.81. The van der Waals surface area contributed by atoms with Crippen LogP contribution in [0.15, 0.2) is 36.4 Å². The fourth-order valence-electron chi connectivity index (χ4n) is 3.87. The van der Waals surface area contributed by atoms with Crippen molar-refractivity contribution in [3.05, 3.63) is 58.7 Å². The van der Waals surface area contributed by atoms with Crippen molar-refractivity contribution in [3.8, 4) is 0 Å². The van der Waals surface area contributed by atoms with Gasteiger partial charge in [0, 0.05) is 31.7 Å². The number of hydrogen-bond donors (Lipinski definition) is 0. The van der Waals surface area contributed by atoms with Crippen molar-refractivity contribution in [1.82, 2.24) is 9.88 Å². The lowest BCUT2D eigenvalue weighted by atomic mass is 10.1. The molecule has 1 amide bonds. The van der Waals surface area contributed by atoms with Gasteiger partial charge in [0.1, 0.15) is 0 Å². The van der Waals surface area contributed by atoms with Crippen LogP contribution in [-0.4, -0.2) is 68.3 Å². The number of methoxy groups -OCH3 is 1. The number of nitrogens with zero attached hydrogens (tertiary/aromatic N) is 3. The molecule has 0 saturated carbocycles. The minimum atomic E-state index is -0.423. The number of carbonyl (C=O) groups is 2. The van der Waals surface area contributed by atoms with Crippen LogP contribution in [0.3, 0.4) is 0 Å². The number of aromatic nitrogens is 1. The lowest BCUT2D eigenvalue weighted by Gasteiger charge is -2.27. The summed E-state index contributed by atoms with van der Waals surface area (Å²) in [4.78, 5) is 34.2. The van der Waals surface area contributed by atoms with Crippen LogP contribution in [0.4, 0.5) is 5.13 Å². The fourth-order valence-corrected chi connectivity index (χ4v) is 4.94. The minimum absolute atomic E-state index is 0.124. The lowest BCUT2D eigenvalue weighted by molar-refractivity contribution is 0.0376. The van der Waals surface area contributed by atoms with E-state index in [0.717, 1.165) is 49.5 Å². The average Bonchev–Trinajstić information content (AvgIpc) is 3.24. The highest BCUT2D eigenvalue weighted by Crippen LogP contribution is 2.32. The first-order chi connectivity index (χ1) is 16.0. The summed E-state index contributed by atoms with van der Waals surface area (Å²) >= 11 is 1.54. The number of hydrogen-bond acceptors (Lipinski definition) is 7. The summed E-state index contributed by atoms with van der Waals surface area (Å²) in [6, 6.07) is 10.8. The van der Waals surface area contributed by atoms with Gasteiger partial charge in [-0.15, -0.1) is 0 Å². The molecular weight excluding hydrogens is 438 g/mol. The van der Waals surface area contributed by atoms with Gasteiger partial charge in [-0.25, -0.2) is 9.78 Å². The number of anilines is 1. The topological polar surface area (TPSA) is 72.0 Å². The van der Waals surface area contributed by atoms with Crippen LogP contribution in [0.2, 0.25) is 0 Å². The summed E-state index contributed by atoms with van der Waals surface area (Å²) in [6.07, 6.45) is 0.833. The van der Waals surface area contributed by atoms with Crippen molar-refractivity contribution < 1.29 is 19.1 Å². The Kier molecular flexibility index (Phi) is 7.37. The van der Waals surface area contributed by atoms with Crippen molar-refractivity contribution >= 4 is 38.6 Å². The van der Waals surface area contributed by atoms with Crippen LogP contribution in [0, 0.1) is 13.8 Å². The summed E-state index contributed by atoms with van der Waals surface area (Å²) in [6.45, 7) is 8.97. The summed E-state index contributed by atoms with van der Waals surface area (Å²) < 4.78 is 11.3. The minimum Gasteiger partial charge on any atom is -0.465 e. The van der Waals surface area contributed by atoms with Gasteiger partial charge < -0.3 is 9.47 Å². The fraction of sp³-hybridized carbons (Fsp3) is 0.400. The number of rotatable bonds is 7. The molecule has 4 rings (SSSR count). The Bertz CT molecular complexity index is 1100. The highest BCUT2D eigenvalue weighted by molar-refractivity contribution is 7.22. The van der Waals surface area contributed by atoms with Gasteiger partial charge in [0.15, 0.2) is 5.13 Å². The van der Waals surface area contributed by atoms with Crippen molar-refractivity contribution in [3.63, 3.8) is 0 Å². The van der Waals surface area contributed by atoms with E-state index in [9.17, 15) is 9.59 Å². The number of fused-ring (bicyclic) bond motifs is 1. The van der Waals surface area contributed by atoms with Gasteiger partial charge in [0.2, 0.25) is 0 Å². The first-order valence-corrected chi connectivity index (χ1v) is 12.0. The first-order valence-electron chi connectivity index (χ1n) is 11.1. The van der Waals surface area contributed by atoms with Crippen LogP contribution in [0.25, 0.3) is 10.2 Å². The van der Waals surface area contributed by atoms with Crippen LogP contribution >= 0.6 is 11.3 Å². The SMILES string of the molecule is COC(=O)c1ccc(C(=O)N(CCCN2CCOCC2)c2nc3cc(C)c(C)cc3s2)cc1. The molecule has 2 aromatic carbocycles. The van der Waals surface area contributed by atoms with Gasteiger partial charge in [-0.3, -0.25) is 14.6 Å². The van der Waals surface area contributed by atoms with Gasteiger partial charge in [0.05, 0.1) is 36.1 Å². The number of morpholine rings is 1. The zero-order valence-corrected chi connectivity index (χ0v) is 20.1. The molecule has 7 nitrogen and oxygen atoms in total. The van der Waals surface area contributed by atoms with E-state index in [0.29, 0.717) is 22.8 Å². The van der Waals surface area contributed by atoms with Crippen molar-refractivity contribution in [2.24, 2.45) is 0 Å². The molecule has 33 heavy (non-hydrogen) atoms. The molecule has 1 aromatic heterocycles. The highest BCUT2D eigenvalue weighted by Gasteiger charge is 2.22.